The van der Waals surface area contributed by atoms with Gasteiger partial charge in [-0.15, -0.1) is 0 Å². The topological polar surface area (TPSA) is 94.7 Å². The first-order valence-corrected chi connectivity index (χ1v) is 8.92. The van der Waals surface area contributed by atoms with Gasteiger partial charge in [0.25, 0.3) is 5.91 Å². The summed E-state index contributed by atoms with van der Waals surface area (Å²) >= 11 is 0. The third-order valence-corrected chi connectivity index (χ3v) is 4.79. The van der Waals surface area contributed by atoms with Crippen LogP contribution in [0.5, 0.6) is 0 Å². The third-order valence-electron chi connectivity index (χ3n) is 4.79. The molecule has 27 heavy (non-hydrogen) atoms. The Balaban J connectivity index is 1.58. The fourth-order valence-electron chi connectivity index (χ4n) is 3.68. The first-order valence-electron chi connectivity index (χ1n) is 8.92. The summed E-state index contributed by atoms with van der Waals surface area (Å²) in [5, 5.41) is 2.13. The van der Waals surface area contributed by atoms with Crippen LogP contribution in [-0.2, 0) is 27.3 Å². The maximum Gasteiger partial charge on any atom is 0.426 e. The van der Waals surface area contributed by atoms with Crippen LogP contribution >= 0.6 is 0 Å². The van der Waals surface area contributed by atoms with Gasteiger partial charge in [0.1, 0.15) is 18.2 Å². The Labute approximate surface area is 156 Å². The Bertz CT molecular complexity index is 943. The van der Waals surface area contributed by atoms with Crippen LogP contribution in [0.4, 0.5) is 4.79 Å². The lowest BCUT2D eigenvalue weighted by atomic mass is 9.94. The number of hydrogen-bond donors (Lipinski definition) is 2. The van der Waals surface area contributed by atoms with Crippen LogP contribution in [-0.4, -0.2) is 51.0 Å². The van der Waals surface area contributed by atoms with Crippen LogP contribution in [0.3, 0.4) is 0 Å². The number of amides is 3. The van der Waals surface area contributed by atoms with E-state index in [1.807, 2.05) is 24.3 Å². The van der Waals surface area contributed by atoms with Crippen LogP contribution in [0.25, 0.3) is 10.9 Å². The van der Waals surface area contributed by atoms with Gasteiger partial charge in [0.15, 0.2) is 0 Å². The molecule has 1 aromatic heterocycles. The predicted octanol–water partition coefficient (Wildman–Crippen LogP) is 1.70. The summed E-state index contributed by atoms with van der Waals surface area (Å²) in [6, 6.07) is 7.25. The SMILES string of the molecule is CC(C)(C)OC(=O)NN1CC(=O)N2Cc3[nH]c4ccccc4c3C[C@H]2C1=O. The van der Waals surface area contributed by atoms with E-state index in [0.717, 1.165) is 27.2 Å². The minimum atomic E-state index is -0.749. The highest BCUT2D eigenvalue weighted by molar-refractivity contribution is 5.97. The number of para-hydroxylation sites is 1. The monoisotopic (exact) mass is 370 g/mol. The fraction of sp³-hybridized carbons (Fsp3) is 0.421. The van der Waals surface area contributed by atoms with Crippen molar-refractivity contribution in [2.24, 2.45) is 0 Å². The molecule has 0 spiro atoms. The molecule has 0 saturated carbocycles. The molecule has 2 aromatic rings. The van der Waals surface area contributed by atoms with Gasteiger partial charge in [-0.3, -0.25) is 9.59 Å². The first kappa shape index (κ1) is 17.4. The lowest BCUT2D eigenvalue weighted by molar-refractivity contribution is -0.160. The number of carbonyl (C=O) groups is 3. The van der Waals surface area contributed by atoms with E-state index in [0.29, 0.717) is 13.0 Å². The molecule has 4 rings (SSSR count). The molecule has 0 radical (unpaired) electrons. The number of aromatic amines is 1. The molecule has 0 aliphatic carbocycles. The van der Waals surface area contributed by atoms with Crippen LogP contribution in [0.2, 0.25) is 0 Å². The van der Waals surface area contributed by atoms with Gasteiger partial charge in [0.05, 0.1) is 6.54 Å². The van der Waals surface area contributed by atoms with Gasteiger partial charge < -0.3 is 14.6 Å². The second-order valence-corrected chi connectivity index (χ2v) is 7.91. The van der Waals surface area contributed by atoms with E-state index < -0.39 is 17.7 Å². The Kier molecular flexibility index (Phi) is 3.87. The van der Waals surface area contributed by atoms with Gasteiger partial charge in [-0.25, -0.2) is 15.2 Å². The summed E-state index contributed by atoms with van der Waals surface area (Å²) in [6.07, 6.45) is -0.336. The lowest BCUT2D eigenvalue weighted by Crippen LogP contribution is -2.65. The number of benzene rings is 1. The van der Waals surface area contributed by atoms with Crippen molar-refractivity contribution in [1.82, 2.24) is 20.3 Å². The molecule has 1 fully saturated rings. The van der Waals surface area contributed by atoms with Crippen LogP contribution in [0, 0.1) is 0 Å². The van der Waals surface area contributed by atoms with Gasteiger partial charge in [-0.05, 0) is 32.4 Å². The average molecular weight is 370 g/mol. The minimum absolute atomic E-state index is 0.204. The Hall–Kier alpha value is -3.03. The fourth-order valence-corrected chi connectivity index (χ4v) is 3.68. The number of fused-ring (bicyclic) bond motifs is 4. The highest BCUT2D eigenvalue weighted by atomic mass is 16.6. The number of nitrogens with one attached hydrogen (secondary N) is 2. The van der Waals surface area contributed by atoms with E-state index >= 15 is 0 Å². The van der Waals surface area contributed by atoms with Crippen molar-refractivity contribution >= 4 is 28.8 Å². The molecule has 2 aliphatic rings. The number of carbonyl (C=O) groups excluding carboxylic acids is 3. The maximum atomic E-state index is 12.9. The maximum absolute atomic E-state index is 12.9. The van der Waals surface area contributed by atoms with Gasteiger partial charge in [-0.1, -0.05) is 18.2 Å². The van der Waals surface area contributed by atoms with E-state index in [9.17, 15) is 14.4 Å². The van der Waals surface area contributed by atoms with Crippen LogP contribution in [0.15, 0.2) is 24.3 Å². The predicted molar refractivity (Wildman–Crippen MR) is 97.4 cm³/mol. The largest absolute Gasteiger partial charge is 0.443 e. The van der Waals surface area contributed by atoms with E-state index in [1.165, 1.54) is 0 Å². The van der Waals surface area contributed by atoms with Crippen LogP contribution < -0.4 is 5.43 Å². The zero-order valence-corrected chi connectivity index (χ0v) is 15.5. The summed E-state index contributed by atoms with van der Waals surface area (Å²) < 4.78 is 5.19. The van der Waals surface area contributed by atoms with Crippen LogP contribution in [0.1, 0.15) is 32.0 Å². The molecule has 0 bridgehead atoms. The number of aromatic nitrogens is 1. The molecule has 8 nitrogen and oxygen atoms in total. The standard InChI is InChI=1S/C19H22N4O4/c1-19(2,3)27-18(26)21-23-10-16(24)22-9-14-12(8-15(22)17(23)25)11-6-4-5-7-13(11)20-14/h4-7,15,20H,8-10H2,1-3H3,(H,21,26)/t15-/m0/s1. The number of H-pyrrole nitrogens is 1. The molecule has 0 unspecified atom stereocenters. The summed E-state index contributed by atoms with van der Waals surface area (Å²) in [7, 11) is 0. The Morgan fingerprint density at radius 1 is 1.22 bits per heavy atom. The molecule has 3 heterocycles. The number of hydrogen-bond acceptors (Lipinski definition) is 4. The summed E-state index contributed by atoms with van der Waals surface area (Å²) in [5.41, 5.74) is 4.72. The zero-order chi connectivity index (χ0) is 19.3. The zero-order valence-electron chi connectivity index (χ0n) is 15.5. The highest BCUT2D eigenvalue weighted by Gasteiger charge is 2.44. The number of piperazine rings is 1. The molecule has 1 aromatic carbocycles. The quantitative estimate of drug-likeness (QED) is 0.799. The molecule has 2 aliphatic heterocycles. The number of hydrazine groups is 1. The molecule has 1 atom stereocenters. The molecule has 3 amide bonds. The van der Waals surface area contributed by atoms with E-state index in [1.54, 1.807) is 25.7 Å². The summed E-state index contributed by atoms with van der Waals surface area (Å²) in [6.45, 7) is 5.36. The number of ether oxygens (including phenoxy) is 1. The van der Waals surface area contributed by atoms with E-state index in [4.69, 9.17) is 4.74 Å². The molecular formula is C19H22N4O4. The second-order valence-electron chi connectivity index (χ2n) is 7.91. The highest BCUT2D eigenvalue weighted by Crippen LogP contribution is 2.32. The van der Waals surface area contributed by atoms with Crippen molar-refractivity contribution in [3.8, 4) is 0 Å². The third kappa shape index (κ3) is 3.11. The first-order chi connectivity index (χ1) is 12.7. The minimum Gasteiger partial charge on any atom is -0.443 e. The molecular weight excluding hydrogens is 348 g/mol. The molecule has 1 saturated heterocycles. The smallest absolute Gasteiger partial charge is 0.426 e. The normalized spacial score (nSPS) is 19.7. The van der Waals surface area contributed by atoms with Crippen molar-refractivity contribution in [3.05, 3.63) is 35.5 Å². The Morgan fingerprint density at radius 3 is 2.70 bits per heavy atom. The molecule has 8 heteroatoms. The Morgan fingerprint density at radius 2 is 1.96 bits per heavy atom. The molecule has 2 N–H and O–H groups in total. The summed E-state index contributed by atoms with van der Waals surface area (Å²) in [5.74, 6) is -0.517. The van der Waals surface area contributed by atoms with E-state index in [-0.39, 0.29) is 18.4 Å². The number of nitrogens with zero attached hydrogens (tertiary/aromatic N) is 2. The summed E-state index contributed by atoms with van der Waals surface area (Å²) in [4.78, 5) is 42.5. The lowest BCUT2D eigenvalue weighted by Gasteiger charge is -2.42. The molecule has 142 valence electrons. The van der Waals surface area contributed by atoms with Gasteiger partial charge in [-0.2, -0.15) is 0 Å². The average Bonchev–Trinajstić information content (AvgIpc) is 2.94. The van der Waals surface area contributed by atoms with Crippen molar-refractivity contribution in [2.45, 2.75) is 45.4 Å². The van der Waals surface area contributed by atoms with Crippen molar-refractivity contribution < 1.29 is 19.1 Å². The van der Waals surface area contributed by atoms with Crippen molar-refractivity contribution in [2.75, 3.05) is 6.54 Å². The van der Waals surface area contributed by atoms with E-state index in [2.05, 4.69) is 10.4 Å². The second kappa shape index (κ2) is 6.00. The van der Waals surface area contributed by atoms with Crippen molar-refractivity contribution in [1.29, 1.82) is 0 Å². The van der Waals surface area contributed by atoms with Crippen molar-refractivity contribution in [3.63, 3.8) is 0 Å². The van der Waals surface area contributed by atoms with Gasteiger partial charge in [0.2, 0.25) is 5.91 Å². The van der Waals surface area contributed by atoms with Gasteiger partial charge in [0, 0.05) is 23.0 Å². The number of rotatable bonds is 1. The van der Waals surface area contributed by atoms with Gasteiger partial charge >= 0.3 is 6.09 Å².